The molecule has 0 spiro atoms. The van der Waals surface area contributed by atoms with Crippen molar-refractivity contribution in [2.45, 2.75) is 39.2 Å². The smallest absolute Gasteiger partial charge is 0.413 e. The third-order valence-electron chi connectivity index (χ3n) is 3.59. The molecule has 1 aromatic heterocycles. The zero-order valence-corrected chi connectivity index (χ0v) is 13.6. The van der Waals surface area contributed by atoms with Crippen molar-refractivity contribution in [1.29, 1.82) is 0 Å². The Bertz CT molecular complexity index is 595. The van der Waals surface area contributed by atoms with Gasteiger partial charge in [-0.25, -0.2) is 9.59 Å². The summed E-state index contributed by atoms with van der Waals surface area (Å²) in [6.45, 7) is 3.60. The molecule has 0 aliphatic heterocycles. The van der Waals surface area contributed by atoms with E-state index >= 15 is 0 Å². The Hall–Kier alpha value is -1.89. The second kappa shape index (κ2) is 6.91. The third-order valence-corrected chi connectivity index (χ3v) is 4.81. The van der Waals surface area contributed by atoms with E-state index in [9.17, 15) is 14.4 Å². The number of hydrogen-bond donors (Lipinski definition) is 1. The minimum Gasteiger partial charge on any atom is -0.453 e. The van der Waals surface area contributed by atoms with Crippen LogP contribution in [0.15, 0.2) is 6.07 Å². The number of nitrogens with one attached hydrogen (secondary N) is 1. The Morgan fingerprint density at radius 3 is 2.82 bits per heavy atom. The first-order chi connectivity index (χ1) is 10.4. The topological polar surface area (TPSA) is 81.7 Å². The Balaban J connectivity index is 1.97. The molecule has 0 unspecified atom stereocenters. The lowest BCUT2D eigenvalue weighted by atomic mass is 9.90. The molecule has 1 heterocycles. The van der Waals surface area contributed by atoms with Gasteiger partial charge >= 0.3 is 12.1 Å². The second-order valence-corrected chi connectivity index (χ2v) is 6.57. The van der Waals surface area contributed by atoms with Crippen molar-refractivity contribution in [2.24, 2.45) is 5.92 Å². The summed E-state index contributed by atoms with van der Waals surface area (Å²) in [5, 5.41) is 1.97. The van der Waals surface area contributed by atoms with Crippen molar-refractivity contribution < 1.29 is 23.9 Å². The van der Waals surface area contributed by atoms with Crippen LogP contribution in [0, 0.1) is 5.92 Å². The molecule has 1 N–H and O–H groups in total. The summed E-state index contributed by atoms with van der Waals surface area (Å²) >= 11 is 1.42. The number of hydrogen-bond acceptors (Lipinski definition) is 6. The fourth-order valence-corrected chi connectivity index (χ4v) is 3.42. The summed E-state index contributed by atoms with van der Waals surface area (Å²) < 4.78 is 9.42. The number of ether oxygens (including phenoxy) is 2. The van der Waals surface area contributed by atoms with Gasteiger partial charge in [-0.1, -0.05) is 6.92 Å². The molecule has 2 atom stereocenters. The van der Waals surface area contributed by atoms with Gasteiger partial charge in [0.1, 0.15) is 4.88 Å². The molecule has 0 fully saturated rings. The van der Waals surface area contributed by atoms with Gasteiger partial charge < -0.3 is 9.47 Å². The van der Waals surface area contributed by atoms with Crippen molar-refractivity contribution in [2.75, 3.05) is 7.11 Å². The number of amides is 2. The van der Waals surface area contributed by atoms with Crippen molar-refractivity contribution >= 4 is 29.3 Å². The van der Waals surface area contributed by atoms with Crippen LogP contribution in [0.4, 0.5) is 4.79 Å². The molecule has 0 bridgehead atoms. The van der Waals surface area contributed by atoms with Gasteiger partial charge in [0.25, 0.3) is 5.91 Å². The van der Waals surface area contributed by atoms with Gasteiger partial charge in [-0.3, -0.25) is 10.1 Å². The van der Waals surface area contributed by atoms with Crippen molar-refractivity contribution in [1.82, 2.24) is 5.32 Å². The average molecular weight is 325 g/mol. The van der Waals surface area contributed by atoms with E-state index in [1.807, 2.05) is 11.4 Å². The van der Waals surface area contributed by atoms with Crippen molar-refractivity contribution in [3.63, 3.8) is 0 Å². The molecule has 120 valence electrons. The third kappa shape index (κ3) is 3.85. The summed E-state index contributed by atoms with van der Waals surface area (Å²) in [7, 11) is 1.15. The number of alkyl carbamates (subject to hydrolysis) is 1. The Labute approximate surface area is 132 Å². The van der Waals surface area contributed by atoms with Crippen LogP contribution in [0.1, 0.15) is 40.4 Å². The van der Waals surface area contributed by atoms with Gasteiger partial charge in [0.15, 0.2) is 6.10 Å². The Morgan fingerprint density at radius 1 is 1.41 bits per heavy atom. The zero-order chi connectivity index (χ0) is 16.3. The number of carbonyl (C=O) groups is 3. The molecule has 0 aromatic carbocycles. The van der Waals surface area contributed by atoms with Crippen LogP contribution in [0.25, 0.3) is 0 Å². The number of esters is 1. The first-order valence-electron chi connectivity index (χ1n) is 7.12. The first kappa shape index (κ1) is 16.5. The minimum atomic E-state index is -1.07. The number of thiophene rings is 1. The predicted molar refractivity (Wildman–Crippen MR) is 80.9 cm³/mol. The van der Waals surface area contributed by atoms with E-state index in [1.54, 1.807) is 0 Å². The van der Waals surface area contributed by atoms with Gasteiger partial charge in [-0.05, 0) is 43.7 Å². The number of carbonyl (C=O) groups excluding carboxylic acids is 3. The number of methoxy groups -OCH3 is 1. The molecule has 1 aliphatic carbocycles. The molecule has 22 heavy (non-hydrogen) atoms. The Morgan fingerprint density at radius 2 is 2.14 bits per heavy atom. The van der Waals surface area contributed by atoms with Crippen LogP contribution < -0.4 is 5.32 Å². The highest BCUT2D eigenvalue weighted by Crippen LogP contribution is 2.32. The fourth-order valence-electron chi connectivity index (χ4n) is 2.33. The van der Waals surface area contributed by atoms with E-state index in [4.69, 9.17) is 4.74 Å². The molecule has 0 saturated carbocycles. The monoisotopic (exact) mass is 325 g/mol. The van der Waals surface area contributed by atoms with E-state index in [2.05, 4.69) is 11.7 Å². The Kier molecular flexibility index (Phi) is 5.18. The van der Waals surface area contributed by atoms with Crippen LogP contribution in [0.2, 0.25) is 0 Å². The van der Waals surface area contributed by atoms with Gasteiger partial charge in [0.2, 0.25) is 0 Å². The van der Waals surface area contributed by atoms with E-state index in [-0.39, 0.29) is 0 Å². The highest BCUT2D eigenvalue weighted by atomic mass is 32.1. The summed E-state index contributed by atoms with van der Waals surface area (Å²) in [5.41, 5.74) is 1.20. The molecular formula is C15H19NO5S. The predicted octanol–water partition coefficient (Wildman–Crippen LogP) is 2.30. The molecule has 0 saturated heterocycles. The number of imide groups is 1. The highest BCUT2D eigenvalue weighted by molar-refractivity contribution is 7.14. The SMILES string of the molecule is COC(=O)NC(=O)[C@@H](C)OC(=O)c1cc2c(s1)CC[C@H](C)C2. The molecule has 1 aromatic rings. The van der Waals surface area contributed by atoms with Crippen LogP contribution in [0.3, 0.4) is 0 Å². The van der Waals surface area contributed by atoms with Gasteiger partial charge in [0, 0.05) is 4.88 Å². The van der Waals surface area contributed by atoms with Crippen LogP contribution >= 0.6 is 11.3 Å². The first-order valence-corrected chi connectivity index (χ1v) is 7.93. The quantitative estimate of drug-likeness (QED) is 0.862. The van der Waals surface area contributed by atoms with Crippen molar-refractivity contribution in [3.8, 4) is 0 Å². The van der Waals surface area contributed by atoms with E-state index < -0.39 is 24.1 Å². The van der Waals surface area contributed by atoms with Crippen molar-refractivity contribution in [3.05, 3.63) is 21.4 Å². The van der Waals surface area contributed by atoms with E-state index in [0.717, 1.165) is 26.4 Å². The van der Waals surface area contributed by atoms with E-state index in [1.165, 1.54) is 28.7 Å². The second-order valence-electron chi connectivity index (χ2n) is 5.44. The lowest BCUT2D eigenvalue weighted by Gasteiger charge is -2.16. The number of aryl methyl sites for hydroxylation is 1. The molecule has 1 aliphatic rings. The largest absolute Gasteiger partial charge is 0.453 e. The maximum absolute atomic E-state index is 12.1. The van der Waals surface area contributed by atoms with Gasteiger partial charge in [-0.15, -0.1) is 11.3 Å². The molecule has 2 rings (SSSR count). The molecule has 0 radical (unpaired) electrons. The number of fused-ring (bicyclic) bond motifs is 1. The molecular weight excluding hydrogens is 306 g/mol. The zero-order valence-electron chi connectivity index (χ0n) is 12.8. The molecule has 7 heteroatoms. The van der Waals surface area contributed by atoms with Gasteiger partial charge in [0.05, 0.1) is 7.11 Å². The summed E-state index contributed by atoms with van der Waals surface area (Å²) in [4.78, 5) is 36.4. The lowest BCUT2D eigenvalue weighted by Crippen LogP contribution is -2.39. The summed E-state index contributed by atoms with van der Waals surface area (Å²) in [6.07, 6.45) is 1.13. The van der Waals surface area contributed by atoms with Crippen LogP contribution in [-0.4, -0.2) is 31.2 Å². The van der Waals surface area contributed by atoms with E-state index in [0.29, 0.717) is 10.8 Å². The van der Waals surface area contributed by atoms with Crippen LogP contribution in [0.5, 0.6) is 0 Å². The normalized spacial score (nSPS) is 18.0. The summed E-state index contributed by atoms with van der Waals surface area (Å²) in [6, 6.07) is 1.85. The highest BCUT2D eigenvalue weighted by Gasteiger charge is 2.25. The number of rotatable bonds is 3. The van der Waals surface area contributed by atoms with Gasteiger partial charge in [-0.2, -0.15) is 0 Å². The lowest BCUT2D eigenvalue weighted by molar-refractivity contribution is -0.128. The maximum atomic E-state index is 12.1. The fraction of sp³-hybridized carbons (Fsp3) is 0.533. The summed E-state index contributed by atoms with van der Waals surface area (Å²) in [5.74, 6) is -0.634. The maximum Gasteiger partial charge on any atom is 0.413 e. The average Bonchev–Trinajstić information content (AvgIpc) is 2.89. The molecule has 2 amide bonds. The minimum absolute atomic E-state index is 0.497. The molecule has 6 nitrogen and oxygen atoms in total. The standard InChI is InChI=1S/C15H19NO5S/c1-8-4-5-11-10(6-8)7-12(22-11)14(18)21-9(2)13(17)16-15(19)20-3/h7-9H,4-6H2,1-3H3,(H,16,17,19)/t8-,9+/m0/s1. The van der Waals surface area contributed by atoms with Crippen LogP contribution in [-0.2, 0) is 27.1 Å².